The minimum atomic E-state index is -3.67. The van der Waals surface area contributed by atoms with Gasteiger partial charge in [0.25, 0.3) is 0 Å². The molecule has 5 atom stereocenters. The first-order valence-electron chi connectivity index (χ1n) is 14.3. The van der Waals surface area contributed by atoms with E-state index in [1.807, 2.05) is 0 Å². The molecule has 0 aromatic heterocycles. The standard InChI is InChI=1S/C28H42F3N3O5S2/c1-28(2,3)40(36)32-26(16-19-15-24(30)25(31)17-23(19)29)20-13-21-5-6-22(14-20)34(21)41(37,38)12-9-33(4)27(35)18-7-10-39-11-8-18/h15,17-18,20-22,26,32H,5-14,16H2,1-4H3/t20-,21-,22+,26-,40+/m1/s1. The van der Waals surface area contributed by atoms with E-state index in [1.165, 1.54) is 4.90 Å². The van der Waals surface area contributed by atoms with Gasteiger partial charge in [0, 0.05) is 62.2 Å². The van der Waals surface area contributed by atoms with Gasteiger partial charge in [-0.1, -0.05) is 0 Å². The number of hydrogen-bond donors (Lipinski definition) is 1. The molecule has 3 heterocycles. The van der Waals surface area contributed by atoms with E-state index in [4.69, 9.17) is 4.74 Å². The number of rotatable bonds is 10. The monoisotopic (exact) mass is 621 g/mol. The Morgan fingerprint density at radius 2 is 1.68 bits per heavy atom. The molecule has 0 saturated carbocycles. The third kappa shape index (κ3) is 7.77. The number of sulfonamides is 1. The minimum absolute atomic E-state index is 0.0131. The van der Waals surface area contributed by atoms with E-state index in [1.54, 1.807) is 32.1 Å². The summed E-state index contributed by atoms with van der Waals surface area (Å²) in [7, 11) is -2.03. The summed E-state index contributed by atoms with van der Waals surface area (Å²) in [5.74, 6) is -3.84. The van der Waals surface area contributed by atoms with Crippen molar-refractivity contribution in [3.05, 3.63) is 35.1 Å². The number of piperidine rings is 1. The van der Waals surface area contributed by atoms with Crippen LogP contribution in [-0.4, -0.2) is 83.5 Å². The number of amides is 1. The van der Waals surface area contributed by atoms with E-state index < -0.39 is 49.6 Å². The second-order valence-corrected chi connectivity index (χ2v) is 16.6. The van der Waals surface area contributed by atoms with E-state index in [2.05, 4.69) is 4.72 Å². The summed E-state index contributed by atoms with van der Waals surface area (Å²) in [5.41, 5.74) is -0.0214. The van der Waals surface area contributed by atoms with E-state index in [0.717, 1.165) is 6.07 Å². The van der Waals surface area contributed by atoms with E-state index in [-0.39, 0.29) is 54.1 Å². The molecule has 1 amide bonds. The van der Waals surface area contributed by atoms with Crippen molar-refractivity contribution in [1.29, 1.82) is 0 Å². The van der Waals surface area contributed by atoms with Crippen molar-refractivity contribution in [3.63, 3.8) is 0 Å². The van der Waals surface area contributed by atoms with Crippen molar-refractivity contribution < 1.29 is 35.7 Å². The number of halogens is 3. The number of carbonyl (C=O) groups excluding carboxylic acids is 1. The molecule has 0 radical (unpaired) electrons. The van der Waals surface area contributed by atoms with Crippen molar-refractivity contribution in [2.24, 2.45) is 11.8 Å². The van der Waals surface area contributed by atoms with Gasteiger partial charge in [-0.3, -0.25) is 4.79 Å². The first-order valence-corrected chi connectivity index (χ1v) is 17.1. The molecule has 3 aliphatic rings. The van der Waals surface area contributed by atoms with Gasteiger partial charge in [-0.25, -0.2) is 21.6 Å². The van der Waals surface area contributed by atoms with Gasteiger partial charge in [0.2, 0.25) is 15.9 Å². The van der Waals surface area contributed by atoms with E-state index in [0.29, 0.717) is 57.8 Å². The highest BCUT2D eigenvalue weighted by atomic mass is 32.2. The predicted molar refractivity (Wildman–Crippen MR) is 151 cm³/mol. The van der Waals surface area contributed by atoms with Gasteiger partial charge in [0.05, 0.1) is 11.8 Å². The maximum absolute atomic E-state index is 14.6. The van der Waals surface area contributed by atoms with Gasteiger partial charge < -0.3 is 14.2 Å². The summed E-state index contributed by atoms with van der Waals surface area (Å²) in [6, 6.07) is 0.270. The van der Waals surface area contributed by atoms with Crippen molar-refractivity contribution in [2.75, 3.05) is 32.6 Å². The summed E-state index contributed by atoms with van der Waals surface area (Å²) in [4.78, 5) is 14.3. The van der Waals surface area contributed by atoms with Crippen molar-refractivity contribution >= 4 is 27.3 Å². The van der Waals surface area contributed by atoms with Crippen LogP contribution in [0, 0.1) is 29.3 Å². The molecule has 13 heteroatoms. The number of carbonyl (C=O) groups is 1. The third-order valence-corrected chi connectivity index (χ3v) is 12.1. The largest absolute Gasteiger partial charge is 0.598 e. The lowest BCUT2D eigenvalue weighted by Crippen LogP contribution is -2.54. The van der Waals surface area contributed by atoms with Crippen LogP contribution in [0.4, 0.5) is 13.2 Å². The van der Waals surface area contributed by atoms with E-state index in [9.17, 15) is 30.9 Å². The quantitative estimate of drug-likeness (QED) is 0.317. The molecule has 2 bridgehead atoms. The van der Waals surface area contributed by atoms with Crippen LogP contribution in [0.15, 0.2) is 12.1 Å². The van der Waals surface area contributed by atoms with Gasteiger partial charge in [-0.2, -0.15) is 4.31 Å². The smallest absolute Gasteiger partial charge is 0.225 e. The number of benzene rings is 1. The molecule has 0 unspecified atom stereocenters. The number of nitrogens with zero attached hydrogens (tertiary/aromatic N) is 2. The lowest BCUT2D eigenvalue weighted by Gasteiger charge is -2.41. The lowest BCUT2D eigenvalue weighted by molar-refractivity contribution is -0.136. The van der Waals surface area contributed by atoms with E-state index >= 15 is 0 Å². The maximum Gasteiger partial charge on any atom is 0.225 e. The Hall–Kier alpha value is -1.38. The van der Waals surface area contributed by atoms with Gasteiger partial charge in [-0.15, -0.1) is 4.72 Å². The Balaban J connectivity index is 1.45. The first-order chi connectivity index (χ1) is 19.2. The third-order valence-electron chi connectivity index (χ3n) is 8.57. The van der Waals surface area contributed by atoms with Crippen LogP contribution in [0.1, 0.15) is 64.9 Å². The zero-order valence-corrected chi connectivity index (χ0v) is 25.8. The number of hydrogen-bond acceptors (Lipinski definition) is 6. The second-order valence-electron chi connectivity index (χ2n) is 12.6. The van der Waals surface area contributed by atoms with Crippen LogP contribution in [0.2, 0.25) is 0 Å². The highest BCUT2D eigenvalue weighted by Crippen LogP contribution is 2.42. The molecule has 1 N–H and O–H groups in total. The molecule has 3 saturated heterocycles. The zero-order chi connectivity index (χ0) is 30.1. The molecule has 3 fully saturated rings. The van der Waals surface area contributed by atoms with Gasteiger partial charge >= 0.3 is 0 Å². The van der Waals surface area contributed by atoms with Crippen molar-refractivity contribution in [3.8, 4) is 0 Å². The van der Waals surface area contributed by atoms with Gasteiger partial charge in [-0.05, 0) is 83.3 Å². The summed E-state index contributed by atoms with van der Waals surface area (Å²) in [6.45, 7) is 6.56. The summed E-state index contributed by atoms with van der Waals surface area (Å²) < 4.78 is 91.6. The number of fused-ring (bicyclic) bond motifs is 2. The molecular weight excluding hydrogens is 579 g/mol. The minimum Gasteiger partial charge on any atom is -0.598 e. The predicted octanol–water partition coefficient (Wildman–Crippen LogP) is 3.52. The van der Waals surface area contributed by atoms with Crippen LogP contribution < -0.4 is 4.72 Å². The number of nitrogens with one attached hydrogen (secondary N) is 1. The SMILES string of the molecule is CN(CCS(=O)(=O)N1[C@@H]2CC[C@H]1C[C@H]([C@@H](Cc1cc(F)c(F)cc1F)N[S@@+]([O-])C(C)(C)C)C2)C(=O)C1CCOCC1. The van der Waals surface area contributed by atoms with Crippen LogP contribution in [0.3, 0.4) is 0 Å². The lowest BCUT2D eigenvalue weighted by atomic mass is 9.83. The summed E-state index contributed by atoms with van der Waals surface area (Å²) >= 11 is -1.52. The van der Waals surface area contributed by atoms with Crippen LogP contribution in [-0.2, 0) is 37.3 Å². The topological polar surface area (TPSA) is 102 Å². The fourth-order valence-corrected chi connectivity index (χ4v) is 9.17. The van der Waals surface area contributed by atoms with Crippen molar-refractivity contribution in [2.45, 2.75) is 88.6 Å². The molecule has 4 rings (SSSR count). The zero-order valence-electron chi connectivity index (χ0n) is 24.2. The second kappa shape index (κ2) is 13.1. The fourth-order valence-electron chi connectivity index (χ4n) is 6.26. The molecular formula is C28H42F3N3O5S2. The Kier molecular flexibility index (Phi) is 10.4. The van der Waals surface area contributed by atoms with Crippen LogP contribution in [0.5, 0.6) is 0 Å². The number of ether oxygens (including phenoxy) is 1. The fraction of sp³-hybridized carbons (Fsp3) is 0.750. The summed E-state index contributed by atoms with van der Waals surface area (Å²) in [5, 5.41) is 0. The normalized spacial score (nSPS) is 25.7. The molecule has 8 nitrogen and oxygen atoms in total. The Morgan fingerprint density at radius 1 is 1.10 bits per heavy atom. The first kappa shape index (κ1) is 32.5. The Labute approximate surface area is 244 Å². The molecule has 1 aromatic carbocycles. The Morgan fingerprint density at radius 3 is 2.27 bits per heavy atom. The van der Waals surface area contributed by atoms with Crippen LogP contribution in [0.25, 0.3) is 0 Å². The molecule has 1 aromatic rings. The Bertz CT molecular complexity index is 1180. The van der Waals surface area contributed by atoms with Gasteiger partial charge in [0.15, 0.2) is 11.6 Å². The average molecular weight is 622 g/mol. The molecule has 41 heavy (non-hydrogen) atoms. The maximum atomic E-state index is 14.6. The molecule has 0 spiro atoms. The molecule has 3 aliphatic heterocycles. The summed E-state index contributed by atoms with van der Waals surface area (Å²) in [6.07, 6.45) is 3.54. The van der Waals surface area contributed by atoms with Crippen LogP contribution >= 0.6 is 0 Å². The highest BCUT2D eigenvalue weighted by Gasteiger charge is 2.49. The average Bonchev–Trinajstić information content (AvgIpc) is 3.20. The molecule has 232 valence electrons. The van der Waals surface area contributed by atoms with Crippen molar-refractivity contribution in [1.82, 2.24) is 13.9 Å². The highest BCUT2D eigenvalue weighted by molar-refractivity contribution is 7.90. The molecule has 0 aliphatic carbocycles. The van der Waals surface area contributed by atoms with Gasteiger partial charge in [0.1, 0.15) is 10.6 Å².